The summed E-state index contributed by atoms with van der Waals surface area (Å²) in [5.41, 5.74) is -2.90. The molecule has 8 heteroatoms. The van der Waals surface area contributed by atoms with Gasteiger partial charge in [0.15, 0.2) is 22.8 Å². The molecule has 122 valence electrons. The van der Waals surface area contributed by atoms with Crippen LogP contribution in [0, 0.1) is 5.41 Å². The minimum Gasteiger partial charge on any atom is -0.303 e. The van der Waals surface area contributed by atoms with Gasteiger partial charge in [-0.05, 0) is 37.5 Å². The first-order valence-electron chi connectivity index (χ1n) is 6.08. The first kappa shape index (κ1) is 20.3. The second kappa shape index (κ2) is 7.07. The highest BCUT2D eigenvalue weighted by Crippen LogP contribution is 2.41. The lowest BCUT2D eigenvalue weighted by Gasteiger charge is -2.29. The van der Waals surface area contributed by atoms with E-state index in [1.165, 1.54) is 20.8 Å². The summed E-state index contributed by atoms with van der Waals surface area (Å²) in [4.78, 5) is 54.9. The summed E-state index contributed by atoms with van der Waals surface area (Å²) in [7, 11) is -5.02. The van der Waals surface area contributed by atoms with Crippen molar-refractivity contribution in [3.8, 4) is 0 Å². The second-order valence-corrected chi connectivity index (χ2v) is 6.24. The van der Waals surface area contributed by atoms with Crippen LogP contribution in [0.25, 0.3) is 0 Å². The van der Waals surface area contributed by atoms with Gasteiger partial charge in [0.25, 0.3) is 0 Å². The smallest absolute Gasteiger partial charge is 0.303 e. The van der Waals surface area contributed by atoms with Crippen molar-refractivity contribution in [2.24, 2.45) is 5.41 Å². The van der Waals surface area contributed by atoms with Crippen LogP contribution in [0.15, 0.2) is 36.5 Å². The van der Waals surface area contributed by atoms with Crippen LogP contribution in [0.1, 0.15) is 20.8 Å². The molecule has 22 heavy (non-hydrogen) atoms. The molecular formula is C14H19O7P. The number of phosphoric acid groups is 1. The molecule has 0 saturated carbocycles. The van der Waals surface area contributed by atoms with E-state index < -0.39 is 37.2 Å². The van der Waals surface area contributed by atoms with Gasteiger partial charge < -0.3 is 9.79 Å². The maximum atomic E-state index is 12.4. The molecule has 0 saturated heterocycles. The van der Waals surface area contributed by atoms with E-state index in [0.717, 1.165) is 0 Å². The van der Waals surface area contributed by atoms with E-state index in [1.807, 2.05) is 0 Å². The molecular weight excluding hydrogens is 311 g/mol. The fraction of sp³-hybridized carbons (Fsp3) is 0.357. The highest BCUT2D eigenvalue weighted by Gasteiger charge is 2.53. The van der Waals surface area contributed by atoms with Crippen LogP contribution >= 0.6 is 7.82 Å². The van der Waals surface area contributed by atoms with Crippen LogP contribution in [0.2, 0.25) is 0 Å². The zero-order chi connectivity index (χ0) is 17.9. The molecule has 2 N–H and O–H groups in total. The Morgan fingerprint density at radius 1 is 0.909 bits per heavy atom. The summed E-state index contributed by atoms with van der Waals surface area (Å²) in [6.07, 6.45) is 0. The second-order valence-electron chi connectivity index (χ2n) is 5.00. The van der Waals surface area contributed by atoms with Crippen molar-refractivity contribution < 1.29 is 33.3 Å². The van der Waals surface area contributed by atoms with E-state index in [1.54, 1.807) is 0 Å². The van der Waals surface area contributed by atoms with Crippen LogP contribution in [0.5, 0.6) is 0 Å². The van der Waals surface area contributed by atoms with Gasteiger partial charge in [-0.1, -0.05) is 19.7 Å². The zero-order valence-electron chi connectivity index (χ0n) is 12.7. The Hall–Kier alpha value is -1.66. The molecule has 0 aliphatic rings. The number of phosphoric ester groups is 1. The topological polar surface area (TPSA) is 118 Å². The number of allylic oxidation sites excluding steroid dienone is 3. The van der Waals surface area contributed by atoms with Gasteiger partial charge in [-0.3, -0.25) is 18.9 Å². The van der Waals surface area contributed by atoms with Crippen LogP contribution in [-0.4, -0.2) is 33.7 Å². The van der Waals surface area contributed by atoms with Crippen molar-refractivity contribution in [1.29, 1.82) is 0 Å². The predicted octanol–water partition coefficient (Wildman–Crippen LogP) is 1.52. The minimum absolute atomic E-state index is 0.140. The third-order valence-corrected chi connectivity index (χ3v) is 3.24. The van der Waals surface area contributed by atoms with Crippen molar-refractivity contribution in [3.63, 3.8) is 0 Å². The number of ketones is 3. The number of Topliss-reactive ketones (excluding diaryl/α,β-unsaturated/α-hetero) is 3. The van der Waals surface area contributed by atoms with Gasteiger partial charge in [-0.15, -0.1) is 0 Å². The first-order chi connectivity index (χ1) is 9.77. The number of hydrogen-bond donors (Lipinski definition) is 2. The Labute approximate surface area is 128 Å². The summed E-state index contributed by atoms with van der Waals surface area (Å²) < 4.78 is 15.2. The summed E-state index contributed by atoms with van der Waals surface area (Å²) in [6.45, 7) is 12.8. The van der Waals surface area contributed by atoms with Gasteiger partial charge in [-0.2, -0.15) is 0 Å². The van der Waals surface area contributed by atoms with E-state index >= 15 is 0 Å². The Morgan fingerprint density at radius 2 is 1.18 bits per heavy atom. The van der Waals surface area contributed by atoms with Gasteiger partial charge in [0.05, 0.1) is 6.61 Å². The van der Waals surface area contributed by atoms with Crippen molar-refractivity contribution in [2.75, 3.05) is 6.61 Å². The lowest BCUT2D eigenvalue weighted by molar-refractivity contribution is -0.146. The summed E-state index contributed by atoms with van der Waals surface area (Å²) >= 11 is 0. The molecule has 0 amide bonds. The fourth-order valence-electron chi connectivity index (χ4n) is 1.78. The van der Waals surface area contributed by atoms with E-state index in [2.05, 4.69) is 24.3 Å². The van der Waals surface area contributed by atoms with E-state index in [9.17, 15) is 18.9 Å². The Balaban J connectivity index is 6.33. The van der Waals surface area contributed by atoms with Crippen molar-refractivity contribution in [3.05, 3.63) is 36.5 Å². The van der Waals surface area contributed by atoms with Crippen LogP contribution in [0.4, 0.5) is 0 Å². The molecule has 0 rings (SSSR count). The van der Waals surface area contributed by atoms with E-state index in [-0.39, 0.29) is 16.7 Å². The normalized spacial score (nSPS) is 11.7. The molecule has 0 bridgehead atoms. The quantitative estimate of drug-likeness (QED) is 0.374. The first-order valence-corrected chi connectivity index (χ1v) is 7.61. The van der Waals surface area contributed by atoms with Gasteiger partial charge in [0, 0.05) is 0 Å². The summed E-state index contributed by atoms with van der Waals surface area (Å²) in [5, 5.41) is 0. The Kier molecular flexibility index (Phi) is 6.53. The maximum Gasteiger partial charge on any atom is 0.469 e. The number of carbonyl (C=O) groups is 3. The molecule has 0 aliphatic heterocycles. The monoisotopic (exact) mass is 330 g/mol. The molecule has 0 radical (unpaired) electrons. The Bertz CT molecular complexity index is 544. The molecule has 7 nitrogen and oxygen atoms in total. The van der Waals surface area contributed by atoms with Crippen LogP contribution in [0.3, 0.4) is 0 Å². The molecule has 0 aromatic rings. The number of rotatable bonds is 9. The zero-order valence-corrected chi connectivity index (χ0v) is 13.6. The average molecular weight is 330 g/mol. The lowest BCUT2D eigenvalue weighted by atomic mass is 9.70. The fourth-order valence-corrected chi connectivity index (χ4v) is 2.14. The van der Waals surface area contributed by atoms with Crippen molar-refractivity contribution in [1.82, 2.24) is 0 Å². The molecule has 0 atom stereocenters. The van der Waals surface area contributed by atoms with Crippen molar-refractivity contribution in [2.45, 2.75) is 20.8 Å². The lowest BCUT2D eigenvalue weighted by Crippen LogP contribution is -2.50. The molecule has 0 fully saturated rings. The van der Waals surface area contributed by atoms with Crippen LogP contribution < -0.4 is 0 Å². The number of carbonyl (C=O) groups excluding carboxylic acids is 3. The minimum atomic E-state index is -5.02. The molecule has 0 aliphatic carbocycles. The molecule has 0 spiro atoms. The third-order valence-electron chi connectivity index (χ3n) is 2.77. The summed E-state index contributed by atoms with van der Waals surface area (Å²) in [5.74, 6) is -2.99. The molecule has 0 unspecified atom stereocenters. The van der Waals surface area contributed by atoms with Crippen LogP contribution in [-0.2, 0) is 23.5 Å². The largest absolute Gasteiger partial charge is 0.469 e. The standard InChI is InChI=1S/C14H19O7P/c1-8(2)11(15)14(12(16)9(3)4,13(17)10(5)6)7-21-22(18,19)20/h1,3,5,7H2,2,4,6H3,(H2,18,19,20). The van der Waals surface area contributed by atoms with E-state index in [4.69, 9.17) is 9.79 Å². The highest BCUT2D eigenvalue weighted by molar-refractivity contribution is 7.46. The number of hydrogen-bond acceptors (Lipinski definition) is 5. The molecule has 0 heterocycles. The van der Waals surface area contributed by atoms with Gasteiger partial charge in [0.1, 0.15) is 0 Å². The predicted molar refractivity (Wildman–Crippen MR) is 79.9 cm³/mol. The van der Waals surface area contributed by atoms with E-state index in [0.29, 0.717) is 0 Å². The highest BCUT2D eigenvalue weighted by atomic mass is 31.2. The maximum absolute atomic E-state index is 12.4. The molecule has 0 aromatic carbocycles. The third kappa shape index (κ3) is 4.42. The Morgan fingerprint density at radius 3 is 1.36 bits per heavy atom. The SMILES string of the molecule is C=C(C)C(=O)C(COP(=O)(O)O)(C(=O)C(=C)C)C(=O)C(=C)C. The van der Waals surface area contributed by atoms with Gasteiger partial charge in [0.2, 0.25) is 0 Å². The summed E-state index contributed by atoms with van der Waals surface area (Å²) in [6, 6.07) is 0. The average Bonchev–Trinajstić information content (AvgIpc) is 2.36. The molecule has 0 aromatic heterocycles. The van der Waals surface area contributed by atoms with Gasteiger partial charge in [-0.25, -0.2) is 4.57 Å². The van der Waals surface area contributed by atoms with Gasteiger partial charge >= 0.3 is 7.82 Å². The van der Waals surface area contributed by atoms with Crippen molar-refractivity contribution >= 4 is 25.2 Å².